The Balaban J connectivity index is 2.46. The molecule has 0 aliphatic heterocycles. The largest absolute Gasteiger partial charge is 0.329 e. The highest BCUT2D eigenvalue weighted by atomic mass is 15.3. The summed E-state index contributed by atoms with van der Waals surface area (Å²) in [6, 6.07) is 8.23. The van der Waals surface area contributed by atoms with Gasteiger partial charge in [0.25, 0.3) is 0 Å². The van der Waals surface area contributed by atoms with Gasteiger partial charge in [-0.3, -0.25) is 0 Å². The van der Waals surface area contributed by atoms with Gasteiger partial charge in [-0.15, -0.1) is 0 Å². The minimum Gasteiger partial charge on any atom is -0.329 e. The number of aromatic nitrogens is 2. The molecule has 0 saturated carbocycles. The highest BCUT2D eigenvalue weighted by Gasteiger charge is 2.13. The summed E-state index contributed by atoms with van der Waals surface area (Å²) in [7, 11) is 2.00. The fourth-order valence-electron chi connectivity index (χ4n) is 2.26. The van der Waals surface area contributed by atoms with Crippen molar-refractivity contribution in [2.45, 2.75) is 33.6 Å². The van der Waals surface area contributed by atoms with Crippen LogP contribution in [0.3, 0.4) is 0 Å². The summed E-state index contributed by atoms with van der Waals surface area (Å²) in [6.45, 7) is 8.33. The van der Waals surface area contributed by atoms with Crippen LogP contribution in [0.25, 0.3) is 0 Å². The van der Waals surface area contributed by atoms with Crippen LogP contribution < -0.4 is 16.2 Å². The topological polar surface area (TPSA) is 67.1 Å². The molecule has 0 aliphatic rings. The van der Waals surface area contributed by atoms with Gasteiger partial charge in [0.2, 0.25) is 0 Å². The Morgan fingerprint density at radius 3 is 2.43 bits per heavy atom. The summed E-state index contributed by atoms with van der Waals surface area (Å²) in [5.74, 6) is 7.99. The van der Waals surface area contributed by atoms with E-state index in [1.54, 1.807) is 0 Å². The lowest BCUT2D eigenvalue weighted by Gasteiger charge is -2.22. The first-order chi connectivity index (χ1) is 9.92. The molecule has 21 heavy (non-hydrogen) atoms. The van der Waals surface area contributed by atoms with Gasteiger partial charge in [0.05, 0.1) is 0 Å². The van der Waals surface area contributed by atoms with E-state index in [1.807, 2.05) is 13.1 Å². The Labute approximate surface area is 126 Å². The number of nitrogens with one attached hydrogen (secondary N) is 1. The van der Waals surface area contributed by atoms with Crippen LogP contribution in [-0.4, -0.2) is 17.0 Å². The van der Waals surface area contributed by atoms with Gasteiger partial charge in [-0.25, -0.2) is 15.8 Å². The summed E-state index contributed by atoms with van der Waals surface area (Å²) in [5.41, 5.74) is 6.20. The highest BCUT2D eigenvalue weighted by Crippen LogP contribution is 2.28. The van der Waals surface area contributed by atoms with Gasteiger partial charge in [0.15, 0.2) is 0 Å². The Morgan fingerprint density at radius 1 is 1.14 bits per heavy atom. The average molecular weight is 285 g/mol. The Kier molecular flexibility index (Phi) is 4.43. The third kappa shape index (κ3) is 3.31. The van der Waals surface area contributed by atoms with Crippen molar-refractivity contribution < 1.29 is 0 Å². The van der Waals surface area contributed by atoms with Crippen molar-refractivity contribution in [2.75, 3.05) is 17.4 Å². The molecule has 0 spiro atoms. The number of nitrogens with zero attached hydrogens (tertiary/aromatic N) is 3. The number of anilines is 3. The maximum absolute atomic E-state index is 5.52. The van der Waals surface area contributed by atoms with E-state index in [9.17, 15) is 0 Å². The Morgan fingerprint density at radius 2 is 1.86 bits per heavy atom. The predicted octanol–water partition coefficient (Wildman–Crippen LogP) is 3.27. The van der Waals surface area contributed by atoms with E-state index in [0.29, 0.717) is 5.82 Å². The van der Waals surface area contributed by atoms with Gasteiger partial charge in [-0.2, -0.15) is 0 Å². The predicted molar refractivity (Wildman–Crippen MR) is 87.9 cm³/mol. The molecule has 0 bridgehead atoms. The van der Waals surface area contributed by atoms with Crippen LogP contribution in [0, 0.1) is 13.8 Å². The Hall–Kier alpha value is -2.14. The molecule has 0 atom stereocenters. The molecule has 1 aromatic carbocycles. The van der Waals surface area contributed by atoms with Crippen molar-refractivity contribution in [3.05, 3.63) is 41.2 Å². The van der Waals surface area contributed by atoms with Crippen molar-refractivity contribution in [3.8, 4) is 0 Å². The number of nitrogens with two attached hydrogens (primary N) is 1. The van der Waals surface area contributed by atoms with Gasteiger partial charge >= 0.3 is 0 Å². The molecular formula is C16H23N5. The Bertz CT molecular complexity index is 637. The van der Waals surface area contributed by atoms with E-state index >= 15 is 0 Å². The van der Waals surface area contributed by atoms with Gasteiger partial charge < -0.3 is 10.3 Å². The first kappa shape index (κ1) is 15.3. The molecule has 3 N–H and O–H groups in total. The highest BCUT2D eigenvalue weighted by molar-refractivity contribution is 5.65. The second-order valence-corrected chi connectivity index (χ2v) is 5.62. The van der Waals surface area contributed by atoms with Crippen LogP contribution in [0.2, 0.25) is 0 Å². The second kappa shape index (κ2) is 6.10. The summed E-state index contributed by atoms with van der Waals surface area (Å²) in [5, 5.41) is 0. The standard InChI is InChI=1S/C16H23N5/c1-10(2)16-18-14(20-17)9-15(19-16)21(5)13-7-6-11(3)8-12(13)4/h6-10H,17H2,1-5H3,(H,18,19,20). The molecule has 5 heteroatoms. The quantitative estimate of drug-likeness (QED) is 0.666. The van der Waals surface area contributed by atoms with Crippen LogP contribution in [-0.2, 0) is 0 Å². The summed E-state index contributed by atoms with van der Waals surface area (Å²) in [6.07, 6.45) is 0. The lowest BCUT2D eigenvalue weighted by atomic mass is 10.1. The minimum absolute atomic E-state index is 0.240. The van der Waals surface area contributed by atoms with Crippen molar-refractivity contribution >= 4 is 17.3 Å². The van der Waals surface area contributed by atoms with E-state index in [4.69, 9.17) is 5.84 Å². The normalized spacial score (nSPS) is 10.8. The molecule has 112 valence electrons. The van der Waals surface area contributed by atoms with Crippen LogP contribution >= 0.6 is 0 Å². The summed E-state index contributed by atoms with van der Waals surface area (Å²) >= 11 is 0. The molecular weight excluding hydrogens is 262 g/mol. The molecule has 2 aromatic rings. The molecule has 0 aliphatic carbocycles. The lowest BCUT2D eigenvalue weighted by molar-refractivity contribution is 0.773. The zero-order chi connectivity index (χ0) is 15.6. The number of hydrazine groups is 1. The molecule has 0 amide bonds. The van der Waals surface area contributed by atoms with Crippen molar-refractivity contribution in [2.24, 2.45) is 5.84 Å². The second-order valence-electron chi connectivity index (χ2n) is 5.62. The zero-order valence-corrected chi connectivity index (χ0v) is 13.3. The fraction of sp³-hybridized carbons (Fsp3) is 0.375. The summed E-state index contributed by atoms with van der Waals surface area (Å²) in [4.78, 5) is 11.1. The number of hydrogen-bond donors (Lipinski definition) is 2. The van der Waals surface area contributed by atoms with E-state index < -0.39 is 0 Å². The SMILES string of the molecule is Cc1ccc(N(C)c2cc(NN)nc(C(C)C)n2)c(C)c1. The van der Waals surface area contributed by atoms with Crippen molar-refractivity contribution in [1.29, 1.82) is 0 Å². The third-order valence-electron chi connectivity index (χ3n) is 3.45. The van der Waals surface area contributed by atoms with Crippen LogP contribution in [0.1, 0.15) is 36.7 Å². The van der Waals surface area contributed by atoms with Gasteiger partial charge in [-0.05, 0) is 25.5 Å². The first-order valence-corrected chi connectivity index (χ1v) is 7.09. The van der Waals surface area contributed by atoms with E-state index in [-0.39, 0.29) is 5.92 Å². The molecule has 1 heterocycles. The maximum Gasteiger partial charge on any atom is 0.145 e. The van der Waals surface area contributed by atoms with Crippen LogP contribution in [0.4, 0.5) is 17.3 Å². The smallest absolute Gasteiger partial charge is 0.145 e. The maximum atomic E-state index is 5.52. The minimum atomic E-state index is 0.240. The van der Waals surface area contributed by atoms with Gasteiger partial charge in [0, 0.05) is 24.7 Å². The van der Waals surface area contributed by atoms with E-state index in [0.717, 1.165) is 17.3 Å². The van der Waals surface area contributed by atoms with E-state index in [2.05, 4.69) is 66.2 Å². The number of nitrogen functional groups attached to an aromatic ring is 1. The summed E-state index contributed by atoms with van der Waals surface area (Å²) < 4.78 is 0. The number of benzene rings is 1. The van der Waals surface area contributed by atoms with Crippen molar-refractivity contribution in [3.63, 3.8) is 0 Å². The van der Waals surface area contributed by atoms with E-state index in [1.165, 1.54) is 11.1 Å². The molecule has 0 saturated heterocycles. The number of hydrogen-bond acceptors (Lipinski definition) is 5. The number of rotatable bonds is 4. The lowest BCUT2D eigenvalue weighted by Crippen LogP contribution is -2.17. The zero-order valence-electron chi connectivity index (χ0n) is 13.3. The molecule has 0 fully saturated rings. The molecule has 0 radical (unpaired) electrons. The first-order valence-electron chi connectivity index (χ1n) is 7.09. The molecule has 2 rings (SSSR count). The number of aryl methyl sites for hydroxylation is 2. The van der Waals surface area contributed by atoms with Crippen molar-refractivity contribution in [1.82, 2.24) is 9.97 Å². The third-order valence-corrected chi connectivity index (χ3v) is 3.45. The van der Waals surface area contributed by atoms with Gasteiger partial charge in [-0.1, -0.05) is 31.5 Å². The fourth-order valence-corrected chi connectivity index (χ4v) is 2.26. The monoisotopic (exact) mass is 285 g/mol. The van der Waals surface area contributed by atoms with Crippen LogP contribution in [0.5, 0.6) is 0 Å². The van der Waals surface area contributed by atoms with Crippen LogP contribution in [0.15, 0.2) is 24.3 Å². The van der Waals surface area contributed by atoms with Gasteiger partial charge in [0.1, 0.15) is 17.5 Å². The molecule has 0 unspecified atom stereocenters. The average Bonchev–Trinajstić information content (AvgIpc) is 2.46. The molecule has 1 aromatic heterocycles. The molecule has 5 nitrogen and oxygen atoms in total.